The van der Waals surface area contributed by atoms with Crippen LogP contribution in [0.2, 0.25) is 0 Å². The van der Waals surface area contributed by atoms with Crippen LogP contribution in [0.25, 0.3) is 5.57 Å². The number of anilines is 2. The molecule has 24 heavy (non-hydrogen) atoms. The standard InChI is InChI=1S/C18H19N3O.2ClH/c19-16-3-1-2-4-17(16)21-18(22)15-7-5-13(6-8-15)14-9-11-20-12-10-14;;/h1-9,20H,10-12,19H2,(H,21,22);2*1H. The Morgan fingerprint density at radius 1 is 1.04 bits per heavy atom. The lowest BCUT2D eigenvalue weighted by Crippen LogP contribution is -2.20. The number of rotatable bonds is 3. The molecule has 1 amide bonds. The van der Waals surface area contributed by atoms with Gasteiger partial charge in [-0.3, -0.25) is 4.79 Å². The first kappa shape index (κ1) is 20.0. The normalized spacial score (nSPS) is 13.1. The summed E-state index contributed by atoms with van der Waals surface area (Å²) in [4.78, 5) is 12.3. The summed E-state index contributed by atoms with van der Waals surface area (Å²) >= 11 is 0. The number of nitrogens with two attached hydrogens (primary N) is 1. The number of hydrogen-bond acceptors (Lipinski definition) is 3. The Balaban J connectivity index is 0.00000144. The van der Waals surface area contributed by atoms with Crippen LogP contribution in [-0.2, 0) is 0 Å². The molecule has 0 saturated carbocycles. The molecule has 0 bridgehead atoms. The number of amides is 1. The van der Waals surface area contributed by atoms with Crippen molar-refractivity contribution in [2.75, 3.05) is 24.1 Å². The quantitative estimate of drug-likeness (QED) is 0.725. The average Bonchev–Trinajstić information content (AvgIpc) is 2.58. The molecule has 1 aliphatic rings. The van der Waals surface area contributed by atoms with Crippen molar-refractivity contribution >= 4 is 47.7 Å². The highest BCUT2D eigenvalue weighted by Crippen LogP contribution is 2.21. The molecule has 1 heterocycles. The molecule has 6 heteroatoms. The number of para-hydroxylation sites is 2. The van der Waals surface area contributed by atoms with Crippen LogP contribution in [0.5, 0.6) is 0 Å². The van der Waals surface area contributed by atoms with E-state index in [1.54, 1.807) is 12.1 Å². The van der Waals surface area contributed by atoms with Crippen LogP contribution in [0.4, 0.5) is 11.4 Å². The highest BCUT2D eigenvalue weighted by Gasteiger charge is 2.10. The molecule has 2 aromatic rings. The molecule has 4 nitrogen and oxygen atoms in total. The minimum atomic E-state index is -0.149. The van der Waals surface area contributed by atoms with E-state index in [1.807, 2.05) is 36.4 Å². The number of carbonyl (C=O) groups is 1. The summed E-state index contributed by atoms with van der Waals surface area (Å²) in [5.41, 5.74) is 10.2. The third-order valence-electron chi connectivity index (χ3n) is 3.79. The maximum absolute atomic E-state index is 12.3. The van der Waals surface area contributed by atoms with Gasteiger partial charge >= 0.3 is 0 Å². The summed E-state index contributed by atoms with van der Waals surface area (Å²) in [5, 5.41) is 6.13. The molecule has 0 fully saturated rings. The third-order valence-corrected chi connectivity index (χ3v) is 3.79. The Hall–Kier alpha value is -2.01. The van der Waals surface area contributed by atoms with Gasteiger partial charge in [-0.2, -0.15) is 0 Å². The van der Waals surface area contributed by atoms with Gasteiger partial charge in [0.1, 0.15) is 0 Å². The number of benzene rings is 2. The number of hydrogen-bond donors (Lipinski definition) is 3. The van der Waals surface area contributed by atoms with Crippen LogP contribution in [0.1, 0.15) is 22.3 Å². The molecular formula is C18H21Cl2N3O. The fraction of sp³-hybridized carbons (Fsp3) is 0.167. The second-order valence-electron chi connectivity index (χ2n) is 5.30. The lowest BCUT2D eigenvalue weighted by atomic mass is 9.99. The molecule has 0 aliphatic carbocycles. The zero-order valence-corrected chi connectivity index (χ0v) is 14.8. The minimum absolute atomic E-state index is 0. The molecular weight excluding hydrogens is 345 g/mol. The van der Waals surface area contributed by atoms with Crippen LogP contribution in [0.3, 0.4) is 0 Å². The number of nitrogens with one attached hydrogen (secondary N) is 2. The Morgan fingerprint density at radius 3 is 2.38 bits per heavy atom. The zero-order chi connectivity index (χ0) is 15.4. The van der Waals surface area contributed by atoms with Crippen LogP contribution in [0.15, 0.2) is 54.6 Å². The van der Waals surface area contributed by atoms with Crippen molar-refractivity contribution in [1.82, 2.24) is 5.32 Å². The predicted molar refractivity (Wildman–Crippen MR) is 105 cm³/mol. The third kappa shape index (κ3) is 4.74. The molecule has 0 radical (unpaired) electrons. The van der Waals surface area contributed by atoms with E-state index in [0.717, 1.165) is 19.5 Å². The molecule has 2 aromatic carbocycles. The summed E-state index contributed by atoms with van der Waals surface area (Å²) < 4.78 is 0. The fourth-order valence-electron chi connectivity index (χ4n) is 2.53. The molecule has 0 saturated heterocycles. The van der Waals surface area contributed by atoms with Crippen LogP contribution < -0.4 is 16.4 Å². The van der Waals surface area contributed by atoms with Crippen molar-refractivity contribution in [3.05, 3.63) is 65.7 Å². The van der Waals surface area contributed by atoms with Gasteiger partial charge in [0.25, 0.3) is 5.91 Å². The highest BCUT2D eigenvalue weighted by atomic mass is 35.5. The molecule has 0 unspecified atom stereocenters. The van der Waals surface area contributed by atoms with Crippen molar-refractivity contribution in [2.45, 2.75) is 6.42 Å². The SMILES string of the molecule is Cl.Cl.Nc1ccccc1NC(=O)c1ccc(C2=CCNCC2)cc1. The van der Waals surface area contributed by atoms with Crippen molar-refractivity contribution in [2.24, 2.45) is 0 Å². The van der Waals surface area contributed by atoms with Gasteiger partial charge in [-0.05, 0) is 48.4 Å². The van der Waals surface area contributed by atoms with Gasteiger partial charge in [-0.15, -0.1) is 24.8 Å². The molecule has 4 N–H and O–H groups in total. The average molecular weight is 366 g/mol. The van der Waals surface area contributed by atoms with Crippen LogP contribution in [-0.4, -0.2) is 19.0 Å². The Morgan fingerprint density at radius 2 is 1.75 bits per heavy atom. The fourth-order valence-corrected chi connectivity index (χ4v) is 2.53. The monoisotopic (exact) mass is 365 g/mol. The summed E-state index contributed by atoms with van der Waals surface area (Å²) in [6, 6.07) is 15.0. The Labute approximate surface area is 154 Å². The first-order valence-electron chi connectivity index (χ1n) is 7.40. The van der Waals surface area contributed by atoms with E-state index in [9.17, 15) is 4.79 Å². The largest absolute Gasteiger partial charge is 0.397 e. The smallest absolute Gasteiger partial charge is 0.255 e. The van der Waals surface area contributed by atoms with Crippen molar-refractivity contribution in [3.8, 4) is 0 Å². The van der Waals surface area contributed by atoms with Gasteiger partial charge in [0.15, 0.2) is 0 Å². The zero-order valence-electron chi connectivity index (χ0n) is 13.1. The van der Waals surface area contributed by atoms with E-state index in [0.29, 0.717) is 16.9 Å². The Kier molecular flexibility index (Phi) is 7.79. The molecule has 3 rings (SSSR count). The van der Waals surface area contributed by atoms with E-state index in [4.69, 9.17) is 5.73 Å². The second kappa shape index (κ2) is 9.33. The second-order valence-corrected chi connectivity index (χ2v) is 5.30. The maximum atomic E-state index is 12.3. The molecule has 1 aliphatic heterocycles. The van der Waals surface area contributed by atoms with E-state index in [-0.39, 0.29) is 30.7 Å². The van der Waals surface area contributed by atoms with Crippen LogP contribution in [0, 0.1) is 0 Å². The Bertz CT molecular complexity index is 714. The van der Waals surface area contributed by atoms with E-state index >= 15 is 0 Å². The first-order chi connectivity index (χ1) is 10.7. The number of carbonyl (C=O) groups excluding carboxylic acids is 1. The minimum Gasteiger partial charge on any atom is -0.397 e. The van der Waals surface area contributed by atoms with E-state index in [1.165, 1.54) is 11.1 Å². The van der Waals surface area contributed by atoms with Crippen molar-refractivity contribution in [3.63, 3.8) is 0 Å². The van der Waals surface area contributed by atoms with Gasteiger partial charge < -0.3 is 16.4 Å². The van der Waals surface area contributed by atoms with Gasteiger partial charge in [-0.1, -0.05) is 30.3 Å². The lowest BCUT2D eigenvalue weighted by Gasteiger charge is -2.14. The lowest BCUT2D eigenvalue weighted by molar-refractivity contribution is 0.102. The molecule has 0 atom stereocenters. The van der Waals surface area contributed by atoms with Crippen molar-refractivity contribution in [1.29, 1.82) is 0 Å². The highest BCUT2D eigenvalue weighted by molar-refractivity contribution is 6.05. The first-order valence-corrected chi connectivity index (χ1v) is 7.40. The topological polar surface area (TPSA) is 67.1 Å². The molecule has 0 aromatic heterocycles. The van der Waals surface area contributed by atoms with Gasteiger partial charge in [0.2, 0.25) is 0 Å². The van der Waals surface area contributed by atoms with Gasteiger partial charge in [0, 0.05) is 12.1 Å². The summed E-state index contributed by atoms with van der Waals surface area (Å²) in [6.45, 7) is 1.91. The van der Waals surface area contributed by atoms with E-state index < -0.39 is 0 Å². The maximum Gasteiger partial charge on any atom is 0.255 e. The summed E-state index contributed by atoms with van der Waals surface area (Å²) in [7, 11) is 0. The van der Waals surface area contributed by atoms with Gasteiger partial charge in [0.05, 0.1) is 11.4 Å². The molecule has 128 valence electrons. The van der Waals surface area contributed by atoms with E-state index in [2.05, 4.69) is 16.7 Å². The molecule has 0 spiro atoms. The summed E-state index contributed by atoms with van der Waals surface area (Å²) in [5.74, 6) is -0.149. The predicted octanol–water partition coefficient (Wildman–Crippen LogP) is 3.74. The number of halogens is 2. The number of nitrogen functional groups attached to an aromatic ring is 1. The van der Waals surface area contributed by atoms with Crippen molar-refractivity contribution < 1.29 is 4.79 Å². The summed E-state index contributed by atoms with van der Waals surface area (Å²) in [6.07, 6.45) is 3.22. The van der Waals surface area contributed by atoms with Gasteiger partial charge in [-0.25, -0.2) is 0 Å². The van der Waals surface area contributed by atoms with Crippen LogP contribution >= 0.6 is 24.8 Å².